The minimum atomic E-state index is -0.643. The van der Waals surface area contributed by atoms with Gasteiger partial charge in [0.25, 0.3) is 0 Å². The molecule has 0 radical (unpaired) electrons. The molecule has 0 aliphatic heterocycles. The first-order valence-corrected chi connectivity index (χ1v) is 8.59. The summed E-state index contributed by atoms with van der Waals surface area (Å²) in [6.07, 6.45) is -0.643. The molecule has 0 bridgehead atoms. The van der Waals surface area contributed by atoms with Gasteiger partial charge in [-0.2, -0.15) is 0 Å². The zero-order chi connectivity index (χ0) is 18.1. The van der Waals surface area contributed by atoms with E-state index in [1.54, 1.807) is 7.11 Å². The van der Waals surface area contributed by atoms with E-state index in [4.69, 9.17) is 16.3 Å². The lowest BCUT2D eigenvalue weighted by Gasteiger charge is -2.16. The summed E-state index contributed by atoms with van der Waals surface area (Å²) >= 11 is 6.16. The average molecular weight is 362 g/mol. The molecule has 2 aromatic rings. The molecule has 0 saturated carbocycles. The molecule has 0 aliphatic carbocycles. The highest BCUT2D eigenvalue weighted by atomic mass is 35.5. The van der Waals surface area contributed by atoms with Gasteiger partial charge in [-0.1, -0.05) is 41.9 Å². The van der Waals surface area contributed by atoms with Crippen LogP contribution in [0.1, 0.15) is 24.2 Å². The molecule has 3 N–H and O–H groups in total. The maximum Gasteiger partial charge on any atom is 0.191 e. The zero-order valence-corrected chi connectivity index (χ0v) is 15.3. The second-order valence-electron chi connectivity index (χ2n) is 5.46. The third-order valence-electron chi connectivity index (χ3n) is 3.67. The normalized spacial score (nSPS) is 12.6. The topological polar surface area (TPSA) is 65.9 Å². The van der Waals surface area contributed by atoms with Gasteiger partial charge in [-0.25, -0.2) is 4.99 Å². The largest absolute Gasteiger partial charge is 0.497 e. The molecule has 0 spiro atoms. The van der Waals surface area contributed by atoms with Gasteiger partial charge in [0.2, 0.25) is 0 Å². The Hall–Kier alpha value is -2.24. The highest BCUT2D eigenvalue weighted by molar-refractivity contribution is 6.31. The summed E-state index contributed by atoms with van der Waals surface area (Å²) in [4.78, 5) is 4.52. The van der Waals surface area contributed by atoms with Gasteiger partial charge in [-0.3, -0.25) is 0 Å². The van der Waals surface area contributed by atoms with Crippen molar-refractivity contribution in [2.24, 2.45) is 4.99 Å². The monoisotopic (exact) mass is 361 g/mol. The first-order chi connectivity index (χ1) is 12.1. The summed E-state index contributed by atoms with van der Waals surface area (Å²) in [7, 11) is 1.62. The number of hydrogen-bond donors (Lipinski definition) is 3. The highest BCUT2D eigenvalue weighted by Gasteiger charge is 2.09. The Labute approximate surface area is 153 Å². The van der Waals surface area contributed by atoms with Gasteiger partial charge >= 0.3 is 0 Å². The Balaban J connectivity index is 1.95. The van der Waals surface area contributed by atoms with E-state index in [0.717, 1.165) is 23.4 Å². The molecule has 2 rings (SSSR count). The molecule has 2 aromatic carbocycles. The van der Waals surface area contributed by atoms with Crippen molar-refractivity contribution in [2.75, 3.05) is 20.2 Å². The first kappa shape index (κ1) is 19.1. The number of nitrogens with zero attached hydrogens (tertiary/aromatic N) is 1. The third-order valence-corrected chi connectivity index (χ3v) is 4.04. The Bertz CT molecular complexity index is 689. The predicted molar refractivity (Wildman–Crippen MR) is 102 cm³/mol. The van der Waals surface area contributed by atoms with Gasteiger partial charge in [-0.15, -0.1) is 0 Å². The Kier molecular flexibility index (Phi) is 7.57. The second kappa shape index (κ2) is 9.91. The maximum absolute atomic E-state index is 10.3. The van der Waals surface area contributed by atoms with Crippen LogP contribution >= 0.6 is 11.6 Å². The molecular formula is C19H24ClN3O2. The Morgan fingerprint density at radius 1 is 1.16 bits per heavy atom. The van der Waals surface area contributed by atoms with E-state index in [-0.39, 0.29) is 0 Å². The van der Waals surface area contributed by atoms with Crippen LogP contribution in [-0.2, 0) is 6.54 Å². The van der Waals surface area contributed by atoms with Gasteiger partial charge < -0.3 is 20.5 Å². The summed E-state index contributed by atoms with van der Waals surface area (Å²) in [5.74, 6) is 1.40. The number of aliphatic hydroxyl groups excluding tert-OH is 1. The smallest absolute Gasteiger partial charge is 0.191 e. The molecular weight excluding hydrogens is 338 g/mol. The van der Waals surface area contributed by atoms with E-state index >= 15 is 0 Å². The number of guanidine groups is 1. The molecule has 0 aliphatic rings. The molecule has 0 heterocycles. The fourth-order valence-electron chi connectivity index (χ4n) is 2.27. The van der Waals surface area contributed by atoms with E-state index in [1.165, 1.54) is 0 Å². The SMILES string of the molecule is CCNC(=NCc1ccccc1Cl)NCC(O)c1ccc(OC)cc1. The summed E-state index contributed by atoms with van der Waals surface area (Å²) in [5, 5.41) is 17.3. The van der Waals surface area contributed by atoms with Crippen LogP contribution in [0.2, 0.25) is 5.02 Å². The molecule has 0 amide bonds. The van der Waals surface area contributed by atoms with Crippen LogP contribution in [0.25, 0.3) is 0 Å². The molecule has 25 heavy (non-hydrogen) atoms. The van der Waals surface area contributed by atoms with Crippen LogP contribution in [0.3, 0.4) is 0 Å². The highest BCUT2D eigenvalue weighted by Crippen LogP contribution is 2.17. The van der Waals surface area contributed by atoms with E-state index in [2.05, 4.69) is 15.6 Å². The average Bonchev–Trinajstić information content (AvgIpc) is 2.65. The van der Waals surface area contributed by atoms with Crippen molar-refractivity contribution in [3.8, 4) is 5.75 Å². The number of nitrogens with one attached hydrogen (secondary N) is 2. The van der Waals surface area contributed by atoms with E-state index in [1.807, 2.05) is 55.5 Å². The quantitative estimate of drug-likeness (QED) is 0.523. The standard InChI is InChI=1S/C19H24ClN3O2/c1-3-21-19(22-12-15-6-4-5-7-17(15)20)23-13-18(24)14-8-10-16(25-2)11-9-14/h4-11,18,24H,3,12-13H2,1-2H3,(H2,21,22,23). The molecule has 1 unspecified atom stereocenters. The minimum absolute atomic E-state index is 0.348. The minimum Gasteiger partial charge on any atom is -0.497 e. The van der Waals surface area contributed by atoms with Crippen LogP contribution < -0.4 is 15.4 Å². The molecule has 0 saturated heterocycles. The van der Waals surface area contributed by atoms with Crippen LogP contribution in [0.4, 0.5) is 0 Å². The Morgan fingerprint density at radius 3 is 2.52 bits per heavy atom. The number of aliphatic imine (C=N–C) groups is 1. The second-order valence-corrected chi connectivity index (χ2v) is 5.86. The summed E-state index contributed by atoms with van der Waals surface area (Å²) in [5.41, 5.74) is 1.77. The first-order valence-electron chi connectivity index (χ1n) is 8.21. The molecule has 0 aromatic heterocycles. The number of rotatable bonds is 7. The van der Waals surface area contributed by atoms with E-state index in [9.17, 15) is 5.11 Å². The lowest BCUT2D eigenvalue weighted by Crippen LogP contribution is -2.39. The van der Waals surface area contributed by atoms with Crippen molar-refractivity contribution in [2.45, 2.75) is 19.6 Å². The van der Waals surface area contributed by atoms with Crippen molar-refractivity contribution in [3.05, 3.63) is 64.7 Å². The fourth-order valence-corrected chi connectivity index (χ4v) is 2.47. The van der Waals surface area contributed by atoms with Gasteiger partial charge in [-0.05, 0) is 36.2 Å². The lowest BCUT2D eigenvalue weighted by atomic mass is 10.1. The summed E-state index contributed by atoms with van der Waals surface area (Å²) in [6, 6.07) is 15.0. The van der Waals surface area contributed by atoms with Crippen molar-refractivity contribution < 1.29 is 9.84 Å². The van der Waals surface area contributed by atoms with Crippen molar-refractivity contribution in [1.82, 2.24) is 10.6 Å². The number of aliphatic hydroxyl groups is 1. The fraction of sp³-hybridized carbons (Fsp3) is 0.316. The molecule has 134 valence electrons. The van der Waals surface area contributed by atoms with Gasteiger partial charge in [0.1, 0.15) is 5.75 Å². The van der Waals surface area contributed by atoms with Crippen LogP contribution in [0.5, 0.6) is 5.75 Å². The van der Waals surface area contributed by atoms with Crippen LogP contribution in [0.15, 0.2) is 53.5 Å². The van der Waals surface area contributed by atoms with E-state index < -0.39 is 6.10 Å². The van der Waals surface area contributed by atoms with E-state index in [0.29, 0.717) is 24.1 Å². The zero-order valence-electron chi connectivity index (χ0n) is 14.5. The van der Waals surface area contributed by atoms with Crippen LogP contribution in [0, 0.1) is 0 Å². The number of halogens is 1. The predicted octanol–water partition coefficient (Wildman–Crippen LogP) is 3.14. The molecule has 5 nitrogen and oxygen atoms in total. The van der Waals surface area contributed by atoms with Gasteiger partial charge in [0, 0.05) is 18.1 Å². The summed E-state index contributed by atoms with van der Waals surface area (Å²) < 4.78 is 5.13. The molecule has 1 atom stereocenters. The maximum atomic E-state index is 10.3. The molecule has 0 fully saturated rings. The Morgan fingerprint density at radius 2 is 1.88 bits per heavy atom. The van der Waals surface area contributed by atoms with Crippen molar-refractivity contribution in [3.63, 3.8) is 0 Å². The number of benzene rings is 2. The summed E-state index contributed by atoms with van der Waals surface area (Å²) in [6.45, 7) is 3.54. The van der Waals surface area contributed by atoms with Gasteiger partial charge in [0.15, 0.2) is 5.96 Å². The van der Waals surface area contributed by atoms with Crippen LogP contribution in [-0.4, -0.2) is 31.3 Å². The number of hydrogen-bond acceptors (Lipinski definition) is 3. The van der Waals surface area contributed by atoms with Gasteiger partial charge in [0.05, 0.1) is 19.8 Å². The lowest BCUT2D eigenvalue weighted by molar-refractivity contribution is 0.180. The number of ether oxygens (including phenoxy) is 1. The molecule has 6 heteroatoms. The third kappa shape index (κ3) is 5.96. The number of methoxy groups -OCH3 is 1. The van der Waals surface area contributed by atoms with Crippen molar-refractivity contribution in [1.29, 1.82) is 0 Å². The van der Waals surface area contributed by atoms with Crippen molar-refractivity contribution >= 4 is 17.6 Å².